The maximum absolute atomic E-state index is 12.7. The van der Waals surface area contributed by atoms with E-state index in [1.165, 1.54) is 16.4 Å². The summed E-state index contributed by atoms with van der Waals surface area (Å²) in [6, 6.07) is 12.6. The van der Waals surface area contributed by atoms with E-state index in [9.17, 15) is 23.3 Å². The molecule has 0 saturated carbocycles. The van der Waals surface area contributed by atoms with Crippen LogP contribution in [0.2, 0.25) is 0 Å². The number of nitrogens with one attached hydrogen (secondary N) is 1. The number of hydrogen-bond acceptors (Lipinski definition) is 7. The lowest BCUT2D eigenvalue weighted by Gasteiger charge is -2.26. The molecule has 11 heteroatoms. The summed E-state index contributed by atoms with van der Waals surface area (Å²) in [5.41, 5.74) is 0.370. The zero-order valence-electron chi connectivity index (χ0n) is 16.0. The smallest absolute Gasteiger partial charge is 0.312 e. The summed E-state index contributed by atoms with van der Waals surface area (Å²) in [5, 5.41) is 14.1. The molecule has 1 fully saturated rings. The molecule has 1 N–H and O–H groups in total. The summed E-state index contributed by atoms with van der Waals surface area (Å²) >= 11 is 0. The molecule has 0 aliphatic carbocycles. The van der Waals surface area contributed by atoms with Crippen LogP contribution in [0.3, 0.4) is 0 Å². The number of sulfonamides is 1. The Morgan fingerprint density at radius 1 is 1.17 bits per heavy atom. The standard InChI is InChI=1S/C19H21N3O7S/c23-19(20-13-15-4-2-1-3-5-15)14-29-18-7-6-16(12-17(18)22(24)25)30(26,27)21-8-10-28-11-9-21/h1-7,12H,8-11,13-14H2,(H,20,23). The highest BCUT2D eigenvalue weighted by Gasteiger charge is 2.29. The first-order valence-corrected chi connectivity index (χ1v) is 10.6. The summed E-state index contributed by atoms with van der Waals surface area (Å²) in [4.78, 5) is 22.5. The van der Waals surface area contributed by atoms with Gasteiger partial charge in [-0.1, -0.05) is 30.3 Å². The van der Waals surface area contributed by atoms with Crippen molar-refractivity contribution in [2.45, 2.75) is 11.4 Å². The number of ether oxygens (including phenoxy) is 2. The Morgan fingerprint density at radius 3 is 2.53 bits per heavy atom. The van der Waals surface area contributed by atoms with E-state index in [-0.39, 0.29) is 36.9 Å². The second kappa shape index (κ2) is 9.65. The van der Waals surface area contributed by atoms with E-state index in [2.05, 4.69) is 5.32 Å². The summed E-state index contributed by atoms with van der Waals surface area (Å²) in [6.07, 6.45) is 0. The predicted molar refractivity (Wildman–Crippen MR) is 106 cm³/mol. The summed E-state index contributed by atoms with van der Waals surface area (Å²) in [6.45, 7) is 0.734. The zero-order chi connectivity index (χ0) is 21.6. The van der Waals surface area contributed by atoms with Gasteiger partial charge in [0.2, 0.25) is 10.0 Å². The first-order chi connectivity index (χ1) is 14.4. The Hall–Kier alpha value is -3.02. The molecule has 0 aromatic heterocycles. The van der Waals surface area contributed by atoms with E-state index >= 15 is 0 Å². The molecule has 0 atom stereocenters. The zero-order valence-corrected chi connectivity index (χ0v) is 16.8. The minimum atomic E-state index is -3.89. The number of benzene rings is 2. The lowest BCUT2D eigenvalue weighted by molar-refractivity contribution is -0.386. The van der Waals surface area contributed by atoms with Gasteiger partial charge in [0.15, 0.2) is 12.4 Å². The van der Waals surface area contributed by atoms with E-state index in [0.717, 1.165) is 11.6 Å². The first kappa shape index (κ1) is 21.7. The number of amides is 1. The number of morpholine rings is 1. The van der Waals surface area contributed by atoms with Crippen LogP contribution in [0.25, 0.3) is 0 Å². The molecule has 3 rings (SSSR count). The monoisotopic (exact) mass is 435 g/mol. The van der Waals surface area contributed by atoms with Gasteiger partial charge in [-0.25, -0.2) is 8.42 Å². The number of nitrogens with zero attached hydrogens (tertiary/aromatic N) is 2. The van der Waals surface area contributed by atoms with Crippen LogP contribution in [0.15, 0.2) is 53.4 Å². The van der Waals surface area contributed by atoms with Crippen LogP contribution in [-0.2, 0) is 26.1 Å². The van der Waals surface area contributed by atoms with Crippen molar-refractivity contribution in [2.24, 2.45) is 0 Å². The van der Waals surface area contributed by atoms with Crippen molar-refractivity contribution in [3.8, 4) is 5.75 Å². The number of carbonyl (C=O) groups excluding carboxylic acids is 1. The van der Waals surface area contributed by atoms with E-state index in [0.29, 0.717) is 6.54 Å². The molecule has 2 aromatic carbocycles. The van der Waals surface area contributed by atoms with E-state index in [1.807, 2.05) is 30.3 Å². The highest BCUT2D eigenvalue weighted by atomic mass is 32.2. The van der Waals surface area contributed by atoms with Gasteiger partial charge >= 0.3 is 5.69 Å². The minimum Gasteiger partial charge on any atom is -0.477 e. The van der Waals surface area contributed by atoms with Crippen LogP contribution in [0.4, 0.5) is 5.69 Å². The molecule has 30 heavy (non-hydrogen) atoms. The maximum Gasteiger partial charge on any atom is 0.312 e. The van der Waals surface area contributed by atoms with E-state index in [1.54, 1.807) is 0 Å². The number of nitro groups is 1. The van der Waals surface area contributed by atoms with Crippen molar-refractivity contribution in [3.05, 3.63) is 64.2 Å². The molecule has 1 aliphatic heterocycles. The van der Waals surface area contributed by atoms with Crippen LogP contribution in [0, 0.1) is 10.1 Å². The molecule has 1 saturated heterocycles. The van der Waals surface area contributed by atoms with Crippen molar-refractivity contribution >= 4 is 21.6 Å². The van der Waals surface area contributed by atoms with Crippen molar-refractivity contribution in [1.29, 1.82) is 0 Å². The molecule has 1 aliphatic rings. The van der Waals surface area contributed by atoms with Gasteiger partial charge in [0, 0.05) is 25.7 Å². The average molecular weight is 435 g/mol. The Labute approximate surface area is 173 Å². The highest BCUT2D eigenvalue weighted by Crippen LogP contribution is 2.31. The Bertz CT molecular complexity index is 1010. The third kappa shape index (κ3) is 5.32. The molecule has 1 heterocycles. The van der Waals surface area contributed by atoms with E-state index < -0.39 is 33.1 Å². The molecule has 0 unspecified atom stereocenters. The Morgan fingerprint density at radius 2 is 1.87 bits per heavy atom. The molecule has 0 bridgehead atoms. The molecule has 1 amide bonds. The fraction of sp³-hybridized carbons (Fsp3) is 0.316. The largest absolute Gasteiger partial charge is 0.477 e. The molecule has 2 aromatic rings. The lowest BCUT2D eigenvalue weighted by Crippen LogP contribution is -2.40. The quantitative estimate of drug-likeness (QED) is 0.489. The highest BCUT2D eigenvalue weighted by molar-refractivity contribution is 7.89. The minimum absolute atomic E-state index is 0.177. The fourth-order valence-corrected chi connectivity index (χ4v) is 4.28. The van der Waals surface area contributed by atoms with Crippen molar-refractivity contribution in [3.63, 3.8) is 0 Å². The lowest BCUT2D eigenvalue weighted by atomic mass is 10.2. The number of nitro benzene ring substituents is 1. The summed E-state index contributed by atoms with van der Waals surface area (Å²) in [7, 11) is -3.89. The third-order valence-electron chi connectivity index (χ3n) is 4.43. The molecule has 0 radical (unpaired) electrons. The van der Waals surface area contributed by atoms with Crippen molar-refractivity contribution in [2.75, 3.05) is 32.9 Å². The Balaban J connectivity index is 1.68. The van der Waals surface area contributed by atoms with Crippen LogP contribution in [0.1, 0.15) is 5.56 Å². The van der Waals surface area contributed by atoms with Gasteiger partial charge in [0.05, 0.1) is 23.0 Å². The molecule has 10 nitrogen and oxygen atoms in total. The number of carbonyl (C=O) groups is 1. The SMILES string of the molecule is O=C(COc1ccc(S(=O)(=O)N2CCOCC2)cc1[N+](=O)[O-])NCc1ccccc1. The second-order valence-corrected chi connectivity index (χ2v) is 8.39. The van der Waals surface area contributed by atoms with Gasteiger partial charge in [0.1, 0.15) is 0 Å². The molecule has 0 spiro atoms. The maximum atomic E-state index is 12.7. The van der Waals surface area contributed by atoms with Gasteiger partial charge in [-0.2, -0.15) is 4.31 Å². The van der Waals surface area contributed by atoms with E-state index in [4.69, 9.17) is 9.47 Å². The van der Waals surface area contributed by atoms with Crippen molar-refractivity contribution in [1.82, 2.24) is 9.62 Å². The molecule has 160 valence electrons. The normalized spacial score (nSPS) is 14.8. The fourth-order valence-electron chi connectivity index (χ4n) is 2.85. The van der Waals surface area contributed by atoms with Crippen LogP contribution in [-0.4, -0.2) is 56.5 Å². The number of rotatable bonds is 8. The van der Waals surface area contributed by atoms with Crippen LogP contribution < -0.4 is 10.1 Å². The topological polar surface area (TPSA) is 128 Å². The van der Waals surface area contributed by atoms with Gasteiger partial charge < -0.3 is 14.8 Å². The van der Waals surface area contributed by atoms with Crippen LogP contribution in [0.5, 0.6) is 5.75 Å². The second-order valence-electron chi connectivity index (χ2n) is 6.45. The van der Waals surface area contributed by atoms with Crippen molar-refractivity contribution < 1.29 is 27.6 Å². The van der Waals surface area contributed by atoms with Gasteiger partial charge in [-0.05, 0) is 17.7 Å². The third-order valence-corrected chi connectivity index (χ3v) is 6.32. The molecular weight excluding hydrogens is 414 g/mol. The van der Waals surface area contributed by atoms with Crippen LogP contribution >= 0.6 is 0 Å². The summed E-state index contributed by atoms with van der Waals surface area (Å²) < 4.78 is 37.0. The van der Waals surface area contributed by atoms with Gasteiger partial charge in [0.25, 0.3) is 5.91 Å². The average Bonchev–Trinajstić information content (AvgIpc) is 2.77. The number of hydrogen-bond donors (Lipinski definition) is 1. The summed E-state index contributed by atoms with van der Waals surface area (Å²) in [5.74, 6) is -0.644. The predicted octanol–water partition coefficient (Wildman–Crippen LogP) is 1.31. The Kier molecular flexibility index (Phi) is 6.98. The molecular formula is C19H21N3O7S. The van der Waals surface area contributed by atoms with Gasteiger partial charge in [-0.15, -0.1) is 0 Å². The van der Waals surface area contributed by atoms with Gasteiger partial charge in [-0.3, -0.25) is 14.9 Å². The first-order valence-electron chi connectivity index (χ1n) is 9.17.